The van der Waals surface area contributed by atoms with Gasteiger partial charge in [-0.15, -0.1) is 0 Å². The minimum absolute atomic E-state index is 0.283. The number of carboxylic acids is 1. The molecule has 4 N–H and O–H groups in total. The molecule has 0 bridgehead atoms. The minimum Gasteiger partial charge on any atom is -0.480 e. The van der Waals surface area contributed by atoms with Crippen LogP contribution >= 0.6 is 0 Å². The Morgan fingerprint density at radius 1 is 1.40 bits per heavy atom. The van der Waals surface area contributed by atoms with Crippen LogP contribution in [0.3, 0.4) is 0 Å². The van der Waals surface area contributed by atoms with Crippen molar-refractivity contribution in [1.29, 1.82) is 0 Å². The number of nitrogens with two attached hydrogens (primary N) is 1. The van der Waals surface area contributed by atoms with Gasteiger partial charge in [0.2, 0.25) is 0 Å². The van der Waals surface area contributed by atoms with E-state index in [1.165, 1.54) is 6.92 Å². The first-order chi connectivity index (χ1) is 7.02. The Kier molecular flexibility index (Phi) is 3.28. The molecule has 1 unspecified atom stereocenters. The number of rotatable bonds is 3. The summed E-state index contributed by atoms with van der Waals surface area (Å²) < 4.78 is 0. The van der Waals surface area contributed by atoms with Gasteiger partial charge in [-0.05, 0) is 19.1 Å². The summed E-state index contributed by atoms with van der Waals surface area (Å²) in [7, 11) is 0. The molecule has 0 saturated carbocycles. The molecule has 0 saturated heterocycles. The average Bonchev–Trinajstić information content (AvgIpc) is 2.18. The summed E-state index contributed by atoms with van der Waals surface area (Å²) in [5.74, 6) is -1.57. The number of hydrogen-bond donors (Lipinski definition) is 3. The number of anilines is 1. The fourth-order valence-corrected chi connectivity index (χ4v) is 1.04. The zero-order chi connectivity index (χ0) is 11.4. The Labute approximate surface area is 86.9 Å². The van der Waals surface area contributed by atoms with Crippen LogP contribution < -0.4 is 11.1 Å². The molecule has 0 spiro atoms. The summed E-state index contributed by atoms with van der Waals surface area (Å²) in [5, 5.41) is 10.9. The molecule has 1 atom stereocenters. The lowest BCUT2D eigenvalue weighted by Gasteiger charge is -2.10. The van der Waals surface area contributed by atoms with E-state index in [4.69, 9.17) is 10.8 Å². The van der Waals surface area contributed by atoms with Gasteiger partial charge in [0, 0.05) is 5.69 Å². The fourth-order valence-electron chi connectivity index (χ4n) is 1.04. The van der Waals surface area contributed by atoms with E-state index in [2.05, 4.69) is 5.32 Å². The second-order valence-electron chi connectivity index (χ2n) is 3.12. The Morgan fingerprint density at radius 2 is 2.00 bits per heavy atom. The quantitative estimate of drug-likeness (QED) is 0.629. The van der Waals surface area contributed by atoms with Gasteiger partial charge in [-0.3, -0.25) is 9.59 Å². The molecule has 80 valence electrons. The summed E-state index contributed by atoms with van der Waals surface area (Å²) in [6.45, 7) is 1.39. The number of amides is 1. The minimum atomic E-state index is -1.09. The largest absolute Gasteiger partial charge is 0.480 e. The van der Waals surface area contributed by atoms with Crippen molar-refractivity contribution in [1.82, 2.24) is 5.32 Å². The molecule has 5 nitrogen and oxygen atoms in total. The third-order valence-corrected chi connectivity index (χ3v) is 1.92. The first-order valence-electron chi connectivity index (χ1n) is 4.40. The third-order valence-electron chi connectivity index (χ3n) is 1.92. The Morgan fingerprint density at radius 3 is 2.53 bits per heavy atom. The molecule has 0 aliphatic heterocycles. The average molecular weight is 208 g/mol. The van der Waals surface area contributed by atoms with Crippen LogP contribution in [0, 0.1) is 0 Å². The number of aliphatic carboxylic acids is 1. The van der Waals surface area contributed by atoms with E-state index in [1.807, 2.05) is 0 Å². The Balaban J connectivity index is 2.78. The number of carbonyl (C=O) groups is 2. The first kappa shape index (κ1) is 11.0. The molecule has 0 aliphatic carbocycles. The second kappa shape index (κ2) is 4.45. The van der Waals surface area contributed by atoms with E-state index in [9.17, 15) is 9.59 Å². The highest BCUT2D eigenvalue weighted by molar-refractivity contribution is 6.00. The predicted molar refractivity (Wildman–Crippen MR) is 55.4 cm³/mol. The van der Waals surface area contributed by atoms with Crippen molar-refractivity contribution < 1.29 is 14.7 Å². The highest BCUT2D eigenvalue weighted by Gasteiger charge is 2.16. The number of para-hydroxylation sites is 1. The monoisotopic (exact) mass is 208 g/mol. The summed E-state index contributed by atoms with van der Waals surface area (Å²) in [4.78, 5) is 22.0. The maximum absolute atomic E-state index is 11.5. The van der Waals surface area contributed by atoms with Gasteiger partial charge in [0.1, 0.15) is 6.04 Å². The summed E-state index contributed by atoms with van der Waals surface area (Å²) in [6.07, 6.45) is 0. The van der Waals surface area contributed by atoms with Crippen molar-refractivity contribution >= 4 is 17.6 Å². The van der Waals surface area contributed by atoms with Gasteiger partial charge in [-0.2, -0.15) is 0 Å². The van der Waals surface area contributed by atoms with E-state index >= 15 is 0 Å². The van der Waals surface area contributed by atoms with Gasteiger partial charge in [0.05, 0.1) is 5.56 Å². The van der Waals surface area contributed by atoms with Crippen molar-refractivity contribution in [2.24, 2.45) is 0 Å². The number of nitrogens with one attached hydrogen (secondary N) is 1. The number of carbonyl (C=O) groups excluding carboxylic acids is 1. The van der Waals surface area contributed by atoms with Crippen LogP contribution in [0.1, 0.15) is 17.3 Å². The van der Waals surface area contributed by atoms with Crippen molar-refractivity contribution in [3.63, 3.8) is 0 Å². The van der Waals surface area contributed by atoms with Gasteiger partial charge in [-0.25, -0.2) is 0 Å². The zero-order valence-electron chi connectivity index (χ0n) is 8.23. The molecule has 0 radical (unpaired) electrons. The summed E-state index contributed by atoms with van der Waals surface area (Å²) in [6, 6.07) is 5.56. The number of benzene rings is 1. The fraction of sp³-hybridized carbons (Fsp3) is 0.200. The number of hydrogen-bond acceptors (Lipinski definition) is 3. The van der Waals surface area contributed by atoms with Crippen LogP contribution in [0.15, 0.2) is 24.3 Å². The second-order valence-corrected chi connectivity index (χ2v) is 3.12. The third kappa shape index (κ3) is 2.70. The van der Waals surface area contributed by atoms with Crippen molar-refractivity contribution in [2.45, 2.75) is 13.0 Å². The molecule has 1 amide bonds. The molecule has 5 heteroatoms. The van der Waals surface area contributed by atoms with Crippen molar-refractivity contribution in [3.05, 3.63) is 29.8 Å². The van der Waals surface area contributed by atoms with Crippen LogP contribution in [-0.2, 0) is 4.79 Å². The molecular weight excluding hydrogens is 196 g/mol. The van der Waals surface area contributed by atoms with Gasteiger partial charge < -0.3 is 16.2 Å². The lowest BCUT2D eigenvalue weighted by molar-refractivity contribution is -0.138. The Hall–Kier alpha value is -2.04. The normalized spacial score (nSPS) is 11.8. The molecule has 1 aromatic rings. The predicted octanol–water partition coefficient (Wildman–Crippen LogP) is 0.472. The van der Waals surface area contributed by atoms with Gasteiger partial charge in [-0.1, -0.05) is 12.1 Å². The lowest BCUT2D eigenvalue weighted by Crippen LogP contribution is -2.38. The van der Waals surface area contributed by atoms with E-state index in [0.29, 0.717) is 5.69 Å². The smallest absolute Gasteiger partial charge is 0.325 e. The number of carboxylic acid groups (broad SMARTS) is 1. The highest BCUT2D eigenvalue weighted by atomic mass is 16.4. The molecule has 1 rings (SSSR count). The highest BCUT2D eigenvalue weighted by Crippen LogP contribution is 2.10. The number of nitrogen functional groups attached to an aromatic ring is 1. The van der Waals surface area contributed by atoms with Crippen LogP contribution in [0.4, 0.5) is 5.69 Å². The molecular formula is C10H12N2O3. The molecule has 1 aromatic carbocycles. The maximum atomic E-state index is 11.5. The first-order valence-corrected chi connectivity index (χ1v) is 4.40. The summed E-state index contributed by atoms with van der Waals surface area (Å²) >= 11 is 0. The molecule has 15 heavy (non-hydrogen) atoms. The van der Waals surface area contributed by atoms with Gasteiger partial charge >= 0.3 is 5.97 Å². The van der Waals surface area contributed by atoms with E-state index in [-0.39, 0.29) is 5.56 Å². The molecule has 0 fully saturated rings. The maximum Gasteiger partial charge on any atom is 0.325 e. The van der Waals surface area contributed by atoms with Crippen molar-refractivity contribution in [2.75, 3.05) is 5.73 Å². The van der Waals surface area contributed by atoms with Crippen molar-refractivity contribution in [3.8, 4) is 0 Å². The van der Waals surface area contributed by atoms with Crippen LogP contribution in [0.5, 0.6) is 0 Å². The zero-order valence-corrected chi connectivity index (χ0v) is 8.23. The van der Waals surface area contributed by atoms with Crippen LogP contribution in [0.2, 0.25) is 0 Å². The SMILES string of the molecule is CC(NC(=O)c1ccccc1N)C(=O)O. The Bertz CT molecular complexity index is 390. The van der Waals surface area contributed by atoms with Gasteiger partial charge in [0.25, 0.3) is 5.91 Å². The molecule has 0 aliphatic rings. The van der Waals surface area contributed by atoms with E-state index in [0.717, 1.165) is 0 Å². The van der Waals surface area contributed by atoms with E-state index < -0.39 is 17.9 Å². The van der Waals surface area contributed by atoms with E-state index in [1.54, 1.807) is 24.3 Å². The van der Waals surface area contributed by atoms with Crippen LogP contribution in [0.25, 0.3) is 0 Å². The lowest BCUT2D eigenvalue weighted by atomic mass is 10.1. The molecule has 0 aromatic heterocycles. The topological polar surface area (TPSA) is 92.4 Å². The van der Waals surface area contributed by atoms with Crippen LogP contribution in [-0.4, -0.2) is 23.0 Å². The summed E-state index contributed by atoms with van der Waals surface area (Å²) in [5.41, 5.74) is 6.17. The van der Waals surface area contributed by atoms with Gasteiger partial charge in [0.15, 0.2) is 0 Å². The standard InChI is InChI=1S/C10H12N2O3/c1-6(10(14)15)12-9(13)7-4-2-3-5-8(7)11/h2-6H,11H2,1H3,(H,12,13)(H,14,15). The molecule has 0 heterocycles.